The number of fused-ring (bicyclic) bond motifs is 2. The van der Waals surface area contributed by atoms with Gasteiger partial charge in [-0.1, -0.05) is 48.5 Å². The van der Waals surface area contributed by atoms with Gasteiger partial charge in [0, 0.05) is 36.1 Å². The van der Waals surface area contributed by atoms with E-state index in [4.69, 9.17) is 18.9 Å². The predicted octanol–water partition coefficient (Wildman–Crippen LogP) is 6.12. The molecule has 1 aromatic heterocycles. The fourth-order valence-corrected chi connectivity index (χ4v) is 6.15. The number of hydrogen-bond donors (Lipinski definition) is 0. The van der Waals surface area contributed by atoms with Gasteiger partial charge < -0.3 is 28.4 Å². The number of ether oxygens (including phenoxy) is 4. The van der Waals surface area contributed by atoms with Gasteiger partial charge >= 0.3 is 0 Å². The molecule has 7 heteroatoms. The average molecular weight is 539 g/mol. The van der Waals surface area contributed by atoms with Crippen LogP contribution < -0.4 is 9.47 Å². The normalized spacial score (nSPS) is 17.0. The van der Waals surface area contributed by atoms with Crippen molar-refractivity contribution in [3.05, 3.63) is 107 Å². The van der Waals surface area contributed by atoms with Crippen molar-refractivity contribution in [1.82, 2.24) is 9.47 Å². The van der Waals surface area contributed by atoms with Crippen molar-refractivity contribution in [2.24, 2.45) is 5.92 Å². The number of methoxy groups -OCH3 is 2. The zero-order chi connectivity index (χ0) is 27.6. The lowest BCUT2D eigenvalue weighted by Gasteiger charge is -2.42. The van der Waals surface area contributed by atoms with E-state index in [9.17, 15) is 4.79 Å². The summed E-state index contributed by atoms with van der Waals surface area (Å²) in [6, 6.07) is 22.2. The molecule has 3 aromatic carbocycles. The maximum absolute atomic E-state index is 14.6. The molecule has 0 saturated carbocycles. The first-order chi connectivity index (χ1) is 19.6. The fourth-order valence-electron chi connectivity index (χ4n) is 6.15. The van der Waals surface area contributed by atoms with Crippen LogP contribution in [-0.2, 0) is 28.9 Å². The fraction of sp³-hybridized carbons (Fsp3) is 0.303. The molecular formula is C33H34N2O5. The van der Waals surface area contributed by atoms with Crippen LogP contribution in [0.1, 0.15) is 40.0 Å². The van der Waals surface area contributed by atoms with Gasteiger partial charge in [-0.05, 0) is 54.7 Å². The van der Waals surface area contributed by atoms with Crippen LogP contribution in [0.15, 0.2) is 84.9 Å². The van der Waals surface area contributed by atoms with Crippen molar-refractivity contribution in [1.29, 1.82) is 0 Å². The molecule has 2 aliphatic heterocycles. The van der Waals surface area contributed by atoms with E-state index in [-0.39, 0.29) is 24.7 Å². The number of aromatic nitrogens is 1. The Morgan fingerprint density at radius 3 is 2.50 bits per heavy atom. The maximum Gasteiger partial charge on any atom is 0.256 e. The Balaban J connectivity index is 1.52. The molecule has 2 atom stereocenters. The summed E-state index contributed by atoms with van der Waals surface area (Å²) in [6.07, 6.45) is 5.08. The largest absolute Gasteiger partial charge is 0.493 e. The van der Waals surface area contributed by atoms with Crippen molar-refractivity contribution in [2.45, 2.75) is 32.4 Å². The van der Waals surface area contributed by atoms with Crippen LogP contribution in [0.25, 0.3) is 10.9 Å². The molecule has 0 aliphatic carbocycles. The summed E-state index contributed by atoms with van der Waals surface area (Å²) in [5.74, 6) is 1.89. The molecule has 4 aromatic rings. The van der Waals surface area contributed by atoms with E-state index in [1.54, 1.807) is 20.5 Å². The summed E-state index contributed by atoms with van der Waals surface area (Å²) in [4.78, 5) is 16.6. The molecule has 0 spiro atoms. The van der Waals surface area contributed by atoms with Gasteiger partial charge in [0.25, 0.3) is 5.91 Å². The van der Waals surface area contributed by atoms with Crippen molar-refractivity contribution < 1.29 is 23.7 Å². The van der Waals surface area contributed by atoms with Crippen molar-refractivity contribution in [3.63, 3.8) is 0 Å². The van der Waals surface area contributed by atoms with Gasteiger partial charge in [-0.25, -0.2) is 0 Å². The smallest absolute Gasteiger partial charge is 0.256 e. The summed E-state index contributed by atoms with van der Waals surface area (Å²) in [5, 5.41) is 0.963. The first-order valence-electron chi connectivity index (χ1n) is 13.7. The minimum atomic E-state index is -0.312. The van der Waals surface area contributed by atoms with Gasteiger partial charge in [-0.15, -0.1) is 0 Å². The Hall–Kier alpha value is -4.39. The minimum Gasteiger partial charge on any atom is -0.493 e. The van der Waals surface area contributed by atoms with E-state index in [1.807, 2.05) is 59.6 Å². The Morgan fingerprint density at radius 2 is 1.77 bits per heavy atom. The van der Waals surface area contributed by atoms with Crippen LogP contribution in [0.2, 0.25) is 0 Å². The lowest BCUT2D eigenvalue weighted by atomic mass is 9.80. The molecule has 0 fully saturated rings. The third-order valence-electron chi connectivity index (χ3n) is 8.08. The van der Waals surface area contributed by atoms with E-state index in [0.29, 0.717) is 36.4 Å². The third-order valence-corrected chi connectivity index (χ3v) is 8.08. The predicted molar refractivity (Wildman–Crippen MR) is 153 cm³/mol. The van der Waals surface area contributed by atoms with Gasteiger partial charge in [-0.2, -0.15) is 0 Å². The van der Waals surface area contributed by atoms with Crippen LogP contribution in [0.5, 0.6) is 11.5 Å². The van der Waals surface area contributed by atoms with Crippen molar-refractivity contribution >= 4 is 16.8 Å². The van der Waals surface area contributed by atoms with Crippen LogP contribution in [0, 0.1) is 5.92 Å². The van der Waals surface area contributed by atoms with Gasteiger partial charge in [0.05, 0.1) is 25.8 Å². The second-order valence-corrected chi connectivity index (χ2v) is 10.2. The lowest BCUT2D eigenvalue weighted by molar-refractivity contribution is 0.0436. The Bertz CT molecular complexity index is 1560. The molecule has 206 valence electrons. The summed E-state index contributed by atoms with van der Waals surface area (Å²) in [5.41, 5.74) is 5.10. The summed E-state index contributed by atoms with van der Waals surface area (Å²) < 4.78 is 25.1. The first kappa shape index (κ1) is 25.9. The highest BCUT2D eigenvalue weighted by molar-refractivity contribution is 6.07. The first-order valence-corrected chi connectivity index (χ1v) is 13.7. The molecule has 7 nitrogen and oxygen atoms in total. The minimum absolute atomic E-state index is 0.00594. The number of para-hydroxylation sites is 1. The highest BCUT2D eigenvalue weighted by Crippen LogP contribution is 2.45. The SMILES string of the molecule is CCn1cc(C(=O)N2CCc3cc(OC)c(OC)cc3C2C(Cc2ccccc2)C2=COCO2)c2ccccc21. The Kier molecular flexibility index (Phi) is 7.11. The molecule has 6 rings (SSSR count). The maximum atomic E-state index is 14.6. The molecule has 40 heavy (non-hydrogen) atoms. The topological polar surface area (TPSA) is 62.2 Å². The van der Waals surface area contributed by atoms with Gasteiger partial charge in [0.15, 0.2) is 11.5 Å². The van der Waals surface area contributed by atoms with Crippen LogP contribution in [0.4, 0.5) is 0 Å². The Morgan fingerprint density at radius 1 is 1.02 bits per heavy atom. The number of nitrogens with zero attached hydrogens (tertiary/aromatic N) is 2. The summed E-state index contributed by atoms with van der Waals surface area (Å²) >= 11 is 0. The number of carbonyl (C=O) groups is 1. The quantitative estimate of drug-likeness (QED) is 0.270. The summed E-state index contributed by atoms with van der Waals surface area (Å²) in [6.45, 7) is 3.62. The number of carbonyl (C=O) groups excluding carboxylic acids is 1. The molecule has 1 amide bonds. The molecular weight excluding hydrogens is 504 g/mol. The van der Waals surface area contributed by atoms with Crippen LogP contribution in [0.3, 0.4) is 0 Å². The van der Waals surface area contributed by atoms with Gasteiger partial charge in [0.2, 0.25) is 6.79 Å². The van der Waals surface area contributed by atoms with E-state index in [0.717, 1.165) is 39.9 Å². The van der Waals surface area contributed by atoms with E-state index < -0.39 is 0 Å². The molecule has 0 N–H and O–H groups in total. The van der Waals surface area contributed by atoms with E-state index in [1.165, 1.54) is 0 Å². The Labute approximate surface area is 234 Å². The molecule has 3 heterocycles. The molecule has 2 aliphatic rings. The van der Waals surface area contributed by atoms with Crippen LogP contribution >= 0.6 is 0 Å². The number of amides is 1. The van der Waals surface area contributed by atoms with Crippen LogP contribution in [-0.4, -0.2) is 42.9 Å². The molecule has 0 saturated heterocycles. The van der Waals surface area contributed by atoms with Gasteiger partial charge in [0.1, 0.15) is 12.0 Å². The van der Waals surface area contributed by atoms with Crippen molar-refractivity contribution in [2.75, 3.05) is 27.6 Å². The average Bonchev–Trinajstić information content (AvgIpc) is 3.67. The van der Waals surface area contributed by atoms with Gasteiger partial charge in [-0.3, -0.25) is 4.79 Å². The second-order valence-electron chi connectivity index (χ2n) is 10.2. The zero-order valence-electron chi connectivity index (χ0n) is 23.1. The highest BCUT2D eigenvalue weighted by Gasteiger charge is 2.41. The van der Waals surface area contributed by atoms with Crippen molar-refractivity contribution in [3.8, 4) is 11.5 Å². The molecule has 0 radical (unpaired) electrons. The third kappa shape index (κ3) is 4.55. The second kappa shape index (κ2) is 11.0. The number of rotatable bonds is 8. The standard InChI is InChI=1S/C33H34N2O5/c1-4-34-19-27(24-12-8-9-13-28(24)34)33(36)35-15-14-23-17-29(37-2)30(38-3)18-25(23)32(35)26(31-20-39-21-40-31)16-22-10-6-5-7-11-22/h5-13,17-20,26,32H,4,14-16,21H2,1-3H3. The van der Waals surface area contributed by atoms with E-state index >= 15 is 0 Å². The number of benzene rings is 3. The molecule has 2 unspecified atom stereocenters. The number of aryl methyl sites for hydroxylation is 1. The summed E-state index contributed by atoms with van der Waals surface area (Å²) in [7, 11) is 3.29. The molecule has 0 bridgehead atoms. The monoisotopic (exact) mass is 538 g/mol. The number of hydrogen-bond acceptors (Lipinski definition) is 5. The lowest BCUT2D eigenvalue weighted by Crippen LogP contribution is -2.44. The zero-order valence-corrected chi connectivity index (χ0v) is 23.1. The highest BCUT2D eigenvalue weighted by atomic mass is 16.7. The van der Waals surface area contributed by atoms with E-state index in [2.05, 4.69) is 29.7 Å².